The Morgan fingerprint density at radius 3 is 2.75 bits per heavy atom. The minimum absolute atomic E-state index is 0.117. The van der Waals surface area contributed by atoms with Gasteiger partial charge in [0, 0.05) is 16.3 Å². The van der Waals surface area contributed by atoms with E-state index in [1.54, 1.807) is 0 Å². The quantitative estimate of drug-likeness (QED) is 0.372. The lowest BCUT2D eigenvalue weighted by Gasteiger charge is -2.15. The van der Waals surface area contributed by atoms with Gasteiger partial charge in [-0.1, -0.05) is 29.5 Å². The van der Waals surface area contributed by atoms with Crippen LogP contribution in [0.25, 0.3) is 0 Å². The Hall–Kier alpha value is -0.440. The van der Waals surface area contributed by atoms with Gasteiger partial charge in [-0.05, 0) is 0 Å². The van der Waals surface area contributed by atoms with Crippen LogP contribution in [0.15, 0.2) is 0 Å². The number of terminal acetylenes is 1. The van der Waals surface area contributed by atoms with Crippen LogP contribution in [-0.2, 0) is 4.74 Å². The predicted octanol–water partition coefficient (Wildman–Crippen LogP) is 2.14. The van der Waals surface area contributed by atoms with E-state index in [1.807, 2.05) is 6.92 Å². The Balaban J connectivity index is 3.80. The molecule has 2 atom stereocenters. The van der Waals surface area contributed by atoms with Gasteiger partial charge in [0.1, 0.15) is 0 Å². The van der Waals surface area contributed by atoms with Gasteiger partial charge >= 0.3 is 6.16 Å². The molecule has 0 radical (unpaired) electrons. The van der Waals surface area contributed by atoms with Crippen LogP contribution in [0.1, 0.15) is 13.3 Å². The van der Waals surface area contributed by atoms with Gasteiger partial charge < -0.3 is 9.84 Å². The van der Waals surface area contributed by atoms with E-state index >= 15 is 0 Å². The van der Waals surface area contributed by atoms with Gasteiger partial charge in [0.25, 0.3) is 0 Å². The van der Waals surface area contributed by atoms with Gasteiger partial charge in [0.2, 0.25) is 0 Å². The monoisotopic (exact) mass is 282 g/mol. The first kappa shape index (κ1) is 11.6. The van der Waals surface area contributed by atoms with E-state index in [4.69, 9.17) is 11.5 Å². The largest absolute Gasteiger partial charge is 0.505 e. The molecule has 0 bridgehead atoms. The lowest BCUT2D eigenvalue weighted by Crippen LogP contribution is -2.19. The Morgan fingerprint density at radius 1 is 1.83 bits per heavy atom. The summed E-state index contributed by atoms with van der Waals surface area (Å²) < 4.78 is 4.75. The molecule has 0 saturated heterocycles. The lowest BCUT2D eigenvalue weighted by molar-refractivity contribution is 0.0782. The fourth-order valence-corrected chi connectivity index (χ4v) is 1.15. The van der Waals surface area contributed by atoms with Gasteiger partial charge in [0.15, 0.2) is 0 Å². The summed E-state index contributed by atoms with van der Waals surface area (Å²) >= 11 is 2.21. The number of ether oxygens (including phenoxy) is 1. The lowest BCUT2D eigenvalue weighted by atomic mass is 10.0. The number of rotatable bonds is 4. The summed E-state index contributed by atoms with van der Waals surface area (Å²) in [5.74, 6) is 2.61. The Labute approximate surface area is 85.6 Å². The number of carboxylic acid groups (broad SMARTS) is 1. The molecule has 0 saturated carbocycles. The SMILES string of the molecule is C#CCC(COC(=O)O)C(C)I. The summed E-state index contributed by atoms with van der Waals surface area (Å²) in [5.41, 5.74) is 0. The molecule has 0 aliphatic heterocycles. The molecule has 0 amide bonds. The van der Waals surface area contributed by atoms with Gasteiger partial charge in [0.05, 0.1) is 6.61 Å². The van der Waals surface area contributed by atoms with Crippen molar-refractivity contribution < 1.29 is 14.6 Å². The van der Waals surface area contributed by atoms with Gasteiger partial charge in [-0.15, -0.1) is 12.3 Å². The van der Waals surface area contributed by atoms with Crippen molar-refractivity contribution in [1.29, 1.82) is 0 Å². The van der Waals surface area contributed by atoms with Crippen molar-refractivity contribution in [1.82, 2.24) is 0 Å². The highest BCUT2D eigenvalue weighted by molar-refractivity contribution is 14.1. The summed E-state index contributed by atoms with van der Waals surface area (Å²) in [4.78, 5) is 10.1. The van der Waals surface area contributed by atoms with Crippen molar-refractivity contribution in [2.75, 3.05) is 6.61 Å². The van der Waals surface area contributed by atoms with E-state index in [0.717, 1.165) is 0 Å². The number of hydrogen-bond donors (Lipinski definition) is 1. The molecule has 0 aromatic carbocycles. The van der Waals surface area contributed by atoms with E-state index in [9.17, 15) is 4.79 Å². The van der Waals surface area contributed by atoms with Gasteiger partial charge in [-0.25, -0.2) is 4.79 Å². The predicted molar refractivity (Wildman–Crippen MR) is 54.4 cm³/mol. The Morgan fingerprint density at radius 2 is 2.42 bits per heavy atom. The zero-order chi connectivity index (χ0) is 9.56. The summed E-state index contributed by atoms with van der Waals surface area (Å²) in [7, 11) is 0. The fraction of sp³-hybridized carbons (Fsp3) is 0.625. The van der Waals surface area contributed by atoms with Crippen molar-refractivity contribution in [3.63, 3.8) is 0 Å². The topological polar surface area (TPSA) is 46.5 Å². The standard InChI is InChI=1S/C8H11IO3/c1-3-4-7(6(2)9)5-12-8(10)11/h1,6-7H,4-5H2,2H3,(H,10,11). The molecule has 0 heterocycles. The summed E-state index contributed by atoms with van der Waals surface area (Å²) in [6.07, 6.45) is 4.43. The summed E-state index contributed by atoms with van der Waals surface area (Å²) in [6.45, 7) is 2.16. The maximum absolute atomic E-state index is 10.1. The molecule has 0 aliphatic carbocycles. The molecule has 0 fully saturated rings. The van der Waals surface area contributed by atoms with Gasteiger partial charge in [-0.3, -0.25) is 0 Å². The van der Waals surface area contributed by atoms with E-state index < -0.39 is 6.16 Å². The van der Waals surface area contributed by atoms with Crippen LogP contribution < -0.4 is 0 Å². The van der Waals surface area contributed by atoms with Crippen LogP contribution in [-0.4, -0.2) is 21.8 Å². The van der Waals surface area contributed by atoms with Crippen molar-refractivity contribution in [3.8, 4) is 12.3 Å². The first-order valence-electron chi connectivity index (χ1n) is 3.51. The molecule has 12 heavy (non-hydrogen) atoms. The average Bonchev–Trinajstić information content (AvgIpc) is 1.96. The fourth-order valence-electron chi connectivity index (χ4n) is 0.684. The first-order valence-corrected chi connectivity index (χ1v) is 4.75. The second-order valence-corrected chi connectivity index (χ2v) is 4.39. The highest BCUT2D eigenvalue weighted by Crippen LogP contribution is 2.16. The molecule has 0 aromatic rings. The van der Waals surface area contributed by atoms with E-state index in [0.29, 0.717) is 10.3 Å². The molecule has 1 N–H and O–H groups in total. The third-order valence-corrected chi connectivity index (χ3v) is 2.47. The zero-order valence-electron chi connectivity index (χ0n) is 6.79. The molecule has 2 unspecified atom stereocenters. The second-order valence-electron chi connectivity index (χ2n) is 2.42. The van der Waals surface area contributed by atoms with Crippen molar-refractivity contribution in [2.45, 2.75) is 17.3 Å². The summed E-state index contributed by atoms with van der Waals surface area (Å²) in [5, 5.41) is 8.24. The van der Waals surface area contributed by atoms with Crippen molar-refractivity contribution >= 4 is 28.7 Å². The van der Waals surface area contributed by atoms with Crippen LogP contribution in [0.2, 0.25) is 0 Å². The van der Waals surface area contributed by atoms with Crippen molar-refractivity contribution in [3.05, 3.63) is 0 Å². The molecule has 0 rings (SSSR count). The number of hydrogen-bond acceptors (Lipinski definition) is 2. The van der Waals surface area contributed by atoms with Crippen LogP contribution in [0.5, 0.6) is 0 Å². The molecule has 68 valence electrons. The molecular weight excluding hydrogens is 271 g/mol. The van der Waals surface area contributed by atoms with Crippen LogP contribution in [0, 0.1) is 18.3 Å². The highest BCUT2D eigenvalue weighted by atomic mass is 127. The second kappa shape index (κ2) is 6.12. The molecule has 0 aromatic heterocycles. The number of carbonyl (C=O) groups is 1. The first-order chi connectivity index (χ1) is 5.57. The Kier molecular flexibility index (Phi) is 5.89. The molecule has 0 spiro atoms. The smallest absolute Gasteiger partial charge is 0.450 e. The average molecular weight is 282 g/mol. The maximum Gasteiger partial charge on any atom is 0.505 e. The van der Waals surface area contributed by atoms with E-state index in [2.05, 4.69) is 33.2 Å². The molecule has 4 heteroatoms. The molecule has 0 aliphatic rings. The maximum atomic E-state index is 10.1. The number of alkyl halides is 1. The minimum Gasteiger partial charge on any atom is -0.450 e. The molecular formula is C8H11IO3. The normalized spacial score (nSPS) is 14.4. The minimum atomic E-state index is -1.24. The van der Waals surface area contributed by atoms with Crippen molar-refractivity contribution in [2.24, 2.45) is 5.92 Å². The van der Waals surface area contributed by atoms with Crippen LogP contribution in [0.4, 0.5) is 4.79 Å². The zero-order valence-corrected chi connectivity index (χ0v) is 8.95. The van der Waals surface area contributed by atoms with Crippen LogP contribution >= 0.6 is 22.6 Å². The van der Waals surface area contributed by atoms with Crippen LogP contribution in [0.3, 0.4) is 0 Å². The van der Waals surface area contributed by atoms with E-state index in [-0.39, 0.29) is 12.5 Å². The van der Waals surface area contributed by atoms with Gasteiger partial charge in [-0.2, -0.15) is 0 Å². The molecule has 3 nitrogen and oxygen atoms in total. The Bertz CT molecular complexity index is 183. The summed E-state index contributed by atoms with van der Waals surface area (Å²) in [6, 6.07) is 0. The highest BCUT2D eigenvalue weighted by Gasteiger charge is 2.15. The third-order valence-electron chi connectivity index (χ3n) is 1.45. The van der Waals surface area contributed by atoms with E-state index in [1.165, 1.54) is 0 Å². The number of halogens is 1. The third kappa shape index (κ3) is 5.24.